The van der Waals surface area contributed by atoms with Gasteiger partial charge in [0.1, 0.15) is 11.9 Å². The lowest BCUT2D eigenvalue weighted by molar-refractivity contribution is -0.118. The third-order valence-corrected chi connectivity index (χ3v) is 5.11. The van der Waals surface area contributed by atoms with E-state index in [4.69, 9.17) is 5.26 Å². The van der Waals surface area contributed by atoms with E-state index in [-0.39, 0.29) is 5.91 Å². The summed E-state index contributed by atoms with van der Waals surface area (Å²) in [5.74, 6) is 0.258. The van der Waals surface area contributed by atoms with Crippen LogP contribution in [-0.2, 0) is 11.2 Å². The standard InChI is InChI=1S/C25H23N7O/c1-18-17-32(31-30-18)22-11-12-23(28-16-22)29-25(33)24(21-5-3-2-4-6-21)27-14-13-19-7-9-20(15-26)10-8-19/h2-12,16-17,24,27H,13-14H2,1H3,(H,28,29,33)/t24-/m0/s1. The molecule has 0 spiro atoms. The van der Waals surface area contributed by atoms with Crippen molar-refractivity contribution in [3.8, 4) is 11.8 Å². The highest BCUT2D eigenvalue weighted by Crippen LogP contribution is 2.16. The molecule has 8 heteroatoms. The minimum atomic E-state index is -0.538. The van der Waals surface area contributed by atoms with Crippen molar-refractivity contribution >= 4 is 11.7 Å². The van der Waals surface area contributed by atoms with Crippen LogP contribution in [0.2, 0.25) is 0 Å². The van der Waals surface area contributed by atoms with E-state index in [9.17, 15) is 4.79 Å². The molecule has 0 radical (unpaired) electrons. The van der Waals surface area contributed by atoms with Gasteiger partial charge in [-0.25, -0.2) is 9.67 Å². The largest absolute Gasteiger partial charge is 0.309 e. The number of carbonyl (C=O) groups is 1. The summed E-state index contributed by atoms with van der Waals surface area (Å²) in [6.45, 7) is 2.46. The highest BCUT2D eigenvalue weighted by molar-refractivity contribution is 5.94. The number of nitriles is 1. The van der Waals surface area contributed by atoms with Gasteiger partial charge in [-0.3, -0.25) is 4.79 Å². The van der Waals surface area contributed by atoms with E-state index in [1.807, 2.05) is 55.5 Å². The summed E-state index contributed by atoms with van der Waals surface area (Å²) in [7, 11) is 0. The summed E-state index contributed by atoms with van der Waals surface area (Å²) in [6, 6.07) is 22.2. The van der Waals surface area contributed by atoms with E-state index < -0.39 is 6.04 Å². The molecule has 1 atom stereocenters. The van der Waals surface area contributed by atoms with Gasteiger partial charge in [0, 0.05) is 6.54 Å². The van der Waals surface area contributed by atoms with Gasteiger partial charge in [-0.05, 0) is 48.7 Å². The highest BCUT2D eigenvalue weighted by Gasteiger charge is 2.20. The first-order valence-corrected chi connectivity index (χ1v) is 10.6. The van der Waals surface area contributed by atoms with Crippen LogP contribution in [-0.4, -0.2) is 32.4 Å². The molecule has 33 heavy (non-hydrogen) atoms. The zero-order valence-electron chi connectivity index (χ0n) is 18.1. The Balaban J connectivity index is 1.42. The van der Waals surface area contributed by atoms with Crippen LogP contribution >= 0.6 is 0 Å². The fourth-order valence-electron chi connectivity index (χ4n) is 3.38. The van der Waals surface area contributed by atoms with Gasteiger partial charge in [-0.15, -0.1) is 5.10 Å². The summed E-state index contributed by atoms with van der Waals surface area (Å²) in [5.41, 5.74) is 4.16. The Morgan fingerprint density at radius 1 is 1.09 bits per heavy atom. The maximum absolute atomic E-state index is 13.1. The lowest BCUT2D eigenvalue weighted by Crippen LogP contribution is -2.34. The monoisotopic (exact) mass is 437 g/mol. The molecule has 4 aromatic rings. The van der Waals surface area contributed by atoms with E-state index in [2.05, 4.69) is 32.0 Å². The number of rotatable bonds is 8. The van der Waals surface area contributed by atoms with Crippen LogP contribution in [0.4, 0.5) is 5.82 Å². The number of pyridine rings is 1. The molecule has 2 aromatic heterocycles. The molecule has 1 amide bonds. The molecule has 0 aliphatic rings. The van der Waals surface area contributed by atoms with Gasteiger partial charge in [-0.1, -0.05) is 47.7 Å². The molecule has 2 heterocycles. The Hall–Kier alpha value is -4.35. The van der Waals surface area contributed by atoms with Crippen molar-refractivity contribution in [1.29, 1.82) is 5.26 Å². The van der Waals surface area contributed by atoms with Crippen molar-refractivity contribution in [2.45, 2.75) is 19.4 Å². The van der Waals surface area contributed by atoms with Crippen LogP contribution in [0.1, 0.15) is 28.4 Å². The van der Waals surface area contributed by atoms with Crippen molar-refractivity contribution < 1.29 is 4.79 Å². The first kappa shape index (κ1) is 21.9. The zero-order valence-corrected chi connectivity index (χ0v) is 18.1. The van der Waals surface area contributed by atoms with Crippen LogP contribution in [0.15, 0.2) is 79.1 Å². The van der Waals surface area contributed by atoms with Crippen LogP contribution in [0.25, 0.3) is 5.69 Å². The lowest BCUT2D eigenvalue weighted by Gasteiger charge is -2.19. The molecular weight excluding hydrogens is 414 g/mol. The van der Waals surface area contributed by atoms with Crippen molar-refractivity contribution in [2.24, 2.45) is 0 Å². The minimum absolute atomic E-state index is 0.196. The number of anilines is 1. The normalized spacial score (nSPS) is 11.5. The first-order chi connectivity index (χ1) is 16.1. The van der Waals surface area contributed by atoms with Gasteiger partial charge in [-0.2, -0.15) is 5.26 Å². The second-order valence-electron chi connectivity index (χ2n) is 7.55. The van der Waals surface area contributed by atoms with E-state index in [0.29, 0.717) is 17.9 Å². The smallest absolute Gasteiger partial charge is 0.247 e. The molecule has 0 saturated heterocycles. The molecular formula is C25H23N7O. The van der Waals surface area contributed by atoms with E-state index in [1.54, 1.807) is 35.3 Å². The SMILES string of the molecule is Cc1cn(-c2ccc(NC(=O)[C@@H](NCCc3ccc(C#N)cc3)c3ccccc3)nc2)nn1. The van der Waals surface area contributed by atoms with Crippen molar-refractivity contribution in [3.05, 3.63) is 102 Å². The van der Waals surface area contributed by atoms with Gasteiger partial charge in [0.15, 0.2) is 0 Å². The maximum atomic E-state index is 13.1. The molecule has 0 fully saturated rings. The van der Waals surface area contributed by atoms with E-state index in [0.717, 1.165) is 28.9 Å². The number of nitrogens with zero attached hydrogens (tertiary/aromatic N) is 5. The van der Waals surface area contributed by atoms with Crippen LogP contribution in [0.3, 0.4) is 0 Å². The van der Waals surface area contributed by atoms with Gasteiger partial charge >= 0.3 is 0 Å². The van der Waals surface area contributed by atoms with Gasteiger partial charge in [0.25, 0.3) is 0 Å². The number of aryl methyl sites for hydroxylation is 1. The number of benzene rings is 2. The quantitative estimate of drug-likeness (QED) is 0.438. The van der Waals surface area contributed by atoms with Crippen molar-refractivity contribution in [2.75, 3.05) is 11.9 Å². The minimum Gasteiger partial charge on any atom is -0.309 e. The Bertz CT molecular complexity index is 1240. The first-order valence-electron chi connectivity index (χ1n) is 10.6. The summed E-state index contributed by atoms with van der Waals surface area (Å²) >= 11 is 0. The second-order valence-corrected chi connectivity index (χ2v) is 7.55. The molecule has 0 saturated carbocycles. The van der Waals surface area contributed by atoms with Crippen molar-refractivity contribution in [3.63, 3.8) is 0 Å². The topological polar surface area (TPSA) is 109 Å². The molecule has 4 rings (SSSR count). The fourth-order valence-corrected chi connectivity index (χ4v) is 3.38. The number of carbonyl (C=O) groups excluding carboxylic acids is 1. The fraction of sp³-hybridized carbons (Fsp3) is 0.160. The number of hydrogen-bond donors (Lipinski definition) is 2. The molecule has 0 bridgehead atoms. The van der Waals surface area contributed by atoms with Gasteiger partial charge < -0.3 is 10.6 Å². The Morgan fingerprint density at radius 3 is 2.52 bits per heavy atom. The number of aromatic nitrogens is 4. The summed E-state index contributed by atoms with van der Waals surface area (Å²) in [6.07, 6.45) is 4.17. The van der Waals surface area contributed by atoms with Gasteiger partial charge in [0.2, 0.25) is 5.91 Å². The average Bonchev–Trinajstić information content (AvgIpc) is 3.29. The van der Waals surface area contributed by atoms with Gasteiger partial charge in [0.05, 0.1) is 35.4 Å². The van der Waals surface area contributed by atoms with Crippen LogP contribution < -0.4 is 10.6 Å². The van der Waals surface area contributed by atoms with Crippen molar-refractivity contribution in [1.82, 2.24) is 25.3 Å². The summed E-state index contributed by atoms with van der Waals surface area (Å²) < 4.78 is 1.63. The highest BCUT2D eigenvalue weighted by atomic mass is 16.2. The number of nitrogens with one attached hydrogen (secondary N) is 2. The van der Waals surface area contributed by atoms with Crippen LogP contribution in [0, 0.1) is 18.3 Å². The Labute approximate surface area is 191 Å². The molecule has 2 N–H and O–H groups in total. The Kier molecular flexibility index (Phi) is 6.83. The molecule has 8 nitrogen and oxygen atoms in total. The van der Waals surface area contributed by atoms with E-state index in [1.165, 1.54) is 0 Å². The number of amides is 1. The lowest BCUT2D eigenvalue weighted by atomic mass is 10.1. The Morgan fingerprint density at radius 2 is 1.88 bits per heavy atom. The maximum Gasteiger partial charge on any atom is 0.247 e. The molecule has 164 valence electrons. The summed E-state index contributed by atoms with van der Waals surface area (Å²) in [4.78, 5) is 17.5. The predicted molar refractivity (Wildman–Crippen MR) is 125 cm³/mol. The summed E-state index contributed by atoms with van der Waals surface area (Å²) in [5, 5.41) is 23.2. The molecule has 0 unspecified atom stereocenters. The molecule has 0 aliphatic heterocycles. The number of hydrogen-bond acceptors (Lipinski definition) is 6. The second kappa shape index (κ2) is 10.3. The zero-order chi connectivity index (χ0) is 23.0. The average molecular weight is 438 g/mol. The molecule has 0 aliphatic carbocycles. The predicted octanol–water partition coefficient (Wildman–Crippen LogP) is 3.35. The van der Waals surface area contributed by atoms with E-state index >= 15 is 0 Å². The molecule has 2 aromatic carbocycles. The third-order valence-electron chi connectivity index (χ3n) is 5.11. The van der Waals surface area contributed by atoms with Crippen LogP contribution in [0.5, 0.6) is 0 Å². The third kappa shape index (κ3) is 5.67.